The van der Waals surface area contributed by atoms with E-state index in [-0.39, 0.29) is 34.4 Å². The van der Waals surface area contributed by atoms with Crippen molar-refractivity contribution in [2.24, 2.45) is 0 Å². The number of carbonyl (C=O) groups excluding carboxylic acids is 1. The van der Waals surface area contributed by atoms with Crippen LogP contribution < -0.4 is 16.0 Å². The molecule has 2 fully saturated rings. The molecule has 14 heteroatoms. The highest BCUT2D eigenvalue weighted by Gasteiger charge is 2.29. The predicted molar refractivity (Wildman–Crippen MR) is 160 cm³/mol. The molecule has 5 rings (SSSR count). The highest BCUT2D eigenvalue weighted by Crippen LogP contribution is 2.34. The number of hydrogen-bond donors (Lipinski definition) is 2. The molecule has 2 atom stereocenters. The van der Waals surface area contributed by atoms with Gasteiger partial charge in [0.05, 0.1) is 28.8 Å². The summed E-state index contributed by atoms with van der Waals surface area (Å²) in [5.41, 5.74) is 7.54. The third-order valence-electron chi connectivity index (χ3n) is 8.34. The lowest BCUT2D eigenvalue weighted by Crippen LogP contribution is -2.55. The minimum absolute atomic E-state index is 0.0392. The molecular formula is C28H38ClFN10O2. The standard InChI is InChI=1S/C28H38ClFN10O2/c1-17-14-39(15-18(2)38(17)4)25-11-22(30)24(12-23(25)33-27(41)21-13-32-28(31)34-26(21)29)40-16-19(35-36-40)5-8-37(3)20-6-9-42-10-7-20/h11-13,16-18,20H,5-10,14-15H2,1-4H3,(H,33,41)(H2,31,32,34)/t17-,18+. The van der Waals surface area contributed by atoms with Gasteiger partial charge in [0.15, 0.2) is 5.82 Å². The van der Waals surface area contributed by atoms with Crippen molar-refractivity contribution in [1.29, 1.82) is 0 Å². The van der Waals surface area contributed by atoms with Crippen molar-refractivity contribution in [3.05, 3.63) is 46.8 Å². The Hall–Kier alpha value is -3.39. The van der Waals surface area contributed by atoms with Crippen molar-refractivity contribution in [2.75, 3.05) is 62.9 Å². The van der Waals surface area contributed by atoms with Crippen LogP contribution in [0.2, 0.25) is 5.15 Å². The van der Waals surface area contributed by atoms with Crippen molar-refractivity contribution < 1.29 is 13.9 Å². The maximum Gasteiger partial charge on any atom is 0.260 e. The van der Waals surface area contributed by atoms with Gasteiger partial charge in [0.1, 0.15) is 10.8 Å². The Morgan fingerprint density at radius 2 is 1.93 bits per heavy atom. The maximum atomic E-state index is 15.8. The van der Waals surface area contributed by atoms with Crippen LogP contribution >= 0.6 is 11.6 Å². The lowest BCUT2D eigenvalue weighted by atomic mass is 10.1. The molecule has 2 saturated heterocycles. The molecule has 2 aromatic heterocycles. The summed E-state index contributed by atoms with van der Waals surface area (Å²) in [6, 6.07) is 3.94. The van der Waals surface area contributed by atoms with Gasteiger partial charge in [-0.1, -0.05) is 16.8 Å². The van der Waals surface area contributed by atoms with Crippen LogP contribution in [0.15, 0.2) is 24.5 Å². The molecule has 4 heterocycles. The molecule has 0 radical (unpaired) electrons. The molecule has 226 valence electrons. The molecule has 12 nitrogen and oxygen atoms in total. The molecule has 0 unspecified atom stereocenters. The molecule has 1 aromatic carbocycles. The van der Waals surface area contributed by atoms with Gasteiger partial charge in [0.25, 0.3) is 5.91 Å². The Morgan fingerprint density at radius 1 is 1.21 bits per heavy atom. The average molecular weight is 601 g/mol. The van der Waals surface area contributed by atoms with E-state index in [1.54, 1.807) is 12.3 Å². The number of aromatic nitrogens is 5. The first kappa shape index (κ1) is 30.1. The number of benzene rings is 1. The summed E-state index contributed by atoms with van der Waals surface area (Å²) in [5, 5.41) is 11.3. The third kappa shape index (κ3) is 6.64. The average Bonchev–Trinajstić information content (AvgIpc) is 3.44. The van der Waals surface area contributed by atoms with Crippen molar-refractivity contribution in [1.82, 2.24) is 34.8 Å². The summed E-state index contributed by atoms with van der Waals surface area (Å²) in [6.07, 6.45) is 5.68. The Balaban J connectivity index is 1.42. The van der Waals surface area contributed by atoms with E-state index in [9.17, 15) is 4.79 Å². The van der Waals surface area contributed by atoms with E-state index in [2.05, 4.69) is 68.2 Å². The van der Waals surface area contributed by atoms with Crippen LogP contribution in [-0.2, 0) is 11.2 Å². The second kappa shape index (κ2) is 12.9. The van der Waals surface area contributed by atoms with E-state index < -0.39 is 11.7 Å². The second-order valence-electron chi connectivity index (χ2n) is 11.2. The SMILES string of the molecule is C[C@@H]1CN(c2cc(F)c(-n3cc(CCN(C)C4CCOCC4)nn3)cc2NC(=O)c2cnc(N)nc2Cl)C[C@H](C)N1C. The minimum atomic E-state index is -0.538. The summed E-state index contributed by atoms with van der Waals surface area (Å²) in [4.78, 5) is 27.7. The Morgan fingerprint density at radius 3 is 2.62 bits per heavy atom. The quantitative estimate of drug-likeness (QED) is 0.372. The third-order valence-corrected chi connectivity index (χ3v) is 8.63. The zero-order valence-corrected chi connectivity index (χ0v) is 25.2. The summed E-state index contributed by atoms with van der Waals surface area (Å²) in [5.74, 6) is -1.06. The van der Waals surface area contributed by atoms with Gasteiger partial charge in [0, 0.05) is 69.7 Å². The van der Waals surface area contributed by atoms with E-state index >= 15 is 4.39 Å². The molecule has 3 aromatic rings. The molecule has 42 heavy (non-hydrogen) atoms. The minimum Gasteiger partial charge on any atom is -0.381 e. The van der Waals surface area contributed by atoms with Gasteiger partial charge in [-0.3, -0.25) is 9.69 Å². The zero-order valence-electron chi connectivity index (χ0n) is 24.4. The van der Waals surface area contributed by atoms with E-state index in [1.807, 2.05) is 0 Å². The zero-order chi connectivity index (χ0) is 30.0. The second-order valence-corrected chi connectivity index (χ2v) is 11.6. The van der Waals surface area contributed by atoms with Crippen LogP contribution in [-0.4, -0.2) is 106 Å². The van der Waals surface area contributed by atoms with Gasteiger partial charge in [0.2, 0.25) is 5.95 Å². The van der Waals surface area contributed by atoms with Crippen LogP contribution in [0, 0.1) is 5.82 Å². The van der Waals surface area contributed by atoms with Gasteiger partial charge < -0.3 is 25.6 Å². The predicted octanol–water partition coefficient (Wildman–Crippen LogP) is 2.87. The monoisotopic (exact) mass is 600 g/mol. The number of amides is 1. The fourth-order valence-electron chi connectivity index (χ4n) is 5.54. The van der Waals surface area contributed by atoms with Gasteiger partial charge in [-0.15, -0.1) is 5.10 Å². The number of nitrogens with one attached hydrogen (secondary N) is 1. The number of rotatable bonds is 8. The van der Waals surface area contributed by atoms with Crippen molar-refractivity contribution in [3.8, 4) is 5.69 Å². The lowest BCUT2D eigenvalue weighted by Gasteiger charge is -2.44. The Labute approximate surface area is 250 Å². The molecule has 2 aliphatic heterocycles. The summed E-state index contributed by atoms with van der Waals surface area (Å²) in [7, 11) is 4.18. The molecule has 3 N–H and O–H groups in total. The van der Waals surface area contributed by atoms with Crippen molar-refractivity contribution in [2.45, 2.75) is 51.2 Å². The van der Waals surface area contributed by atoms with E-state index in [1.165, 1.54) is 16.9 Å². The number of nitrogens with two attached hydrogens (primary N) is 1. The van der Waals surface area contributed by atoms with Crippen LogP contribution in [0.1, 0.15) is 42.7 Å². The van der Waals surface area contributed by atoms with Crippen LogP contribution in [0.25, 0.3) is 5.69 Å². The molecule has 2 aliphatic rings. The molecule has 1 amide bonds. The number of nitrogens with zero attached hydrogens (tertiary/aromatic N) is 8. The largest absolute Gasteiger partial charge is 0.381 e. The number of halogens is 2. The molecule has 0 bridgehead atoms. The normalized spacial score (nSPS) is 20.3. The molecular weight excluding hydrogens is 563 g/mol. The summed E-state index contributed by atoms with van der Waals surface area (Å²) >= 11 is 6.19. The summed E-state index contributed by atoms with van der Waals surface area (Å²) < 4.78 is 22.6. The number of nitrogen functional groups attached to an aromatic ring is 1. The Kier molecular flexibility index (Phi) is 9.21. The fraction of sp³-hybridized carbons (Fsp3) is 0.536. The molecule has 0 saturated carbocycles. The topological polar surface area (TPSA) is 131 Å². The van der Waals surface area contributed by atoms with Crippen molar-refractivity contribution in [3.63, 3.8) is 0 Å². The first-order valence-electron chi connectivity index (χ1n) is 14.2. The number of piperazine rings is 1. The molecule has 0 aliphatic carbocycles. The number of carbonyl (C=O) groups is 1. The smallest absolute Gasteiger partial charge is 0.260 e. The van der Waals surface area contributed by atoms with E-state index in [0.29, 0.717) is 36.9 Å². The van der Waals surface area contributed by atoms with Crippen molar-refractivity contribution >= 4 is 34.8 Å². The van der Waals surface area contributed by atoms with Gasteiger partial charge in [-0.25, -0.2) is 19.0 Å². The first-order chi connectivity index (χ1) is 20.1. The van der Waals surface area contributed by atoms with Crippen LogP contribution in [0.3, 0.4) is 0 Å². The number of likely N-dealkylation sites (N-methyl/N-ethyl adjacent to an activating group) is 2. The number of ether oxygens (including phenoxy) is 1. The van der Waals surface area contributed by atoms with Gasteiger partial charge in [-0.05, 0) is 46.9 Å². The summed E-state index contributed by atoms with van der Waals surface area (Å²) in [6.45, 7) is 7.91. The first-order valence-corrected chi connectivity index (χ1v) is 14.6. The van der Waals surface area contributed by atoms with Crippen LogP contribution in [0.4, 0.5) is 21.7 Å². The van der Waals surface area contributed by atoms with E-state index in [0.717, 1.165) is 38.3 Å². The van der Waals surface area contributed by atoms with E-state index in [4.69, 9.17) is 22.1 Å². The highest BCUT2D eigenvalue weighted by atomic mass is 35.5. The lowest BCUT2D eigenvalue weighted by molar-refractivity contribution is 0.0434. The number of hydrogen-bond acceptors (Lipinski definition) is 10. The highest BCUT2D eigenvalue weighted by molar-refractivity contribution is 6.33. The Bertz CT molecular complexity index is 1400. The van der Waals surface area contributed by atoms with Crippen LogP contribution in [0.5, 0.6) is 0 Å². The molecule has 0 spiro atoms. The number of anilines is 3. The maximum absolute atomic E-state index is 15.8. The van der Waals surface area contributed by atoms with Gasteiger partial charge in [-0.2, -0.15) is 0 Å². The fourth-order valence-corrected chi connectivity index (χ4v) is 5.76. The van der Waals surface area contributed by atoms with Gasteiger partial charge >= 0.3 is 0 Å².